The van der Waals surface area contributed by atoms with Crippen molar-refractivity contribution in [3.05, 3.63) is 48.2 Å². The van der Waals surface area contributed by atoms with Crippen LogP contribution in [0, 0.1) is 5.92 Å². The lowest BCUT2D eigenvalue weighted by Crippen LogP contribution is -2.41. The van der Waals surface area contributed by atoms with Gasteiger partial charge in [0, 0.05) is 18.7 Å². The van der Waals surface area contributed by atoms with Gasteiger partial charge in [0.2, 0.25) is 15.7 Å². The maximum atomic E-state index is 12.6. The van der Waals surface area contributed by atoms with Crippen molar-refractivity contribution in [3.63, 3.8) is 0 Å². The zero-order chi connectivity index (χ0) is 21.9. The second-order valence-corrected chi connectivity index (χ2v) is 8.79. The van der Waals surface area contributed by atoms with Crippen molar-refractivity contribution in [2.45, 2.75) is 23.5 Å². The van der Waals surface area contributed by atoms with Gasteiger partial charge in [0.25, 0.3) is 5.91 Å². The zero-order valence-electron chi connectivity index (χ0n) is 15.8. The van der Waals surface area contributed by atoms with Crippen LogP contribution in [0.1, 0.15) is 23.2 Å². The summed E-state index contributed by atoms with van der Waals surface area (Å²) in [6.45, 7) is 1.23. The number of primary amides is 1. The number of carbonyl (C=O) groups excluding carboxylic acids is 2. The van der Waals surface area contributed by atoms with Gasteiger partial charge in [-0.25, -0.2) is 13.4 Å². The van der Waals surface area contributed by atoms with Gasteiger partial charge in [0.05, 0.1) is 22.7 Å². The summed E-state index contributed by atoms with van der Waals surface area (Å²) in [4.78, 5) is 29.4. The van der Waals surface area contributed by atoms with Crippen molar-refractivity contribution in [1.29, 1.82) is 0 Å². The smallest absolute Gasteiger partial charge is 0.341 e. The van der Waals surface area contributed by atoms with Gasteiger partial charge in [0.1, 0.15) is 5.82 Å². The molecule has 0 radical (unpaired) electrons. The second kappa shape index (κ2) is 8.74. The van der Waals surface area contributed by atoms with E-state index in [0.717, 1.165) is 43.7 Å². The van der Waals surface area contributed by atoms with E-state index in [0.29, 0.717) is 18.1 Å². The van der Waals surface area contributed by atoms with Crippen molar-refractivity contribution >= 4 is 33.2 Å². The largest absolute Gasteiger partial charge is 0.369 e. The lowest BCUT2D eigenvalue weighted by atomic mass is 9.97. The fourth-order valence-corrected chi connectivity index (χ4v) is 3.89. The first-order valence-corrected chi connectivity index (χ1v) is 10.7. The predicted molar refractivity (Wildman–Crippen MR) is 106 cm³/mol. The van der Waals surface area contributed by atoms with Gasteiger partial charge < -0.3 is 16.0 Å². The van der Waals surface area contributed by atoms with E-state index in [9.17, 15) is 26.8 Å². The van der Waals surface area contributed by atoms with Crippen molar-refractivity contribution in [2.75, 3.05) is 23.3 Å². The summed E-state index contributed by atoms with van der Waals surface area (Å²) in [5.74, 6) is -3.98. The molecule has 0 saturated carbocycles. The Kier molecular flexibility index (Phi) is 6.30. The summed E-state index contributed by atoms with van der Waals surface area (Å²) in [5, 5.41) is 2.60. The highest BCUT2D eigenvalue weighted by Crippen LogP contribution is 2.23. The first-order chi connectivity index (χ1) is 14.2. The molecule has 3 rings (SSSR count). The molecule has 1 fully saturated rings. The number of nitrogens with zero attached hydrogens (tertiary/aromatic N) is 2. The number of alkyl halides is 2. The number of amides is 2. The molecule has 11 heteroatoms. The summed E-state index contributed by atoms with van der Waals surface area (Å²) in [6.07, 6.45) is 3.03. The maximum Gasteiger partial charge on any atom is 0.341 e. The lowest BCUT2D eigenvalue weighted by molar-refractivity contribution is -0.122. The van der Waals surface area contributed by atoms with Crippen LogP contribution in [0.15, 0.2) is 47.5 Å². The summed E-state index contributed by atoms with van der Waals surface area (Å²) in [7, 11) is -4.71. The van der Waals surface area contributed by atoms with Crippen LogP contribution in [-0.2, 0) is 14.6 Å². The number of sulfone groups is 1. The number of pyridine rings is 1. The molecule has 0 bridgehead atoms. The fraction of sp³-hybridized carbons (Fsp3) is 0.316. The fourth-order valence-electron chi connectivity index (χ4n) is 3.17. The van der Waals surface area contributed by atoms with Crippen molar-refractivity contribution in [2.24, 2.45) is 11.7 Å². The zero-order valence-corrected chi connectivity index (χ0v) is 16.6. The summed E-state index contributed by atoms with van der Waals surface area (Å²) < 4.78 is 48.0. The molecule has 1 aliphatic rings. The summed E-state index contributed by atoms with van der Waals surface area (Å²) in [6, 6.07) is 7.59. The third-order valence-corrected chi connectivity index (χ3v) is 6.23. The SMILES string of the molecule is NC(=O)C1CCCN(c2ccc(NC(=O)c3ccc(S(=O)(=O)C(F)F)cc3)cn2)C1. The van der Waals surface area contributed by atoms with Crippen LogP contribution in [-0.4, -0.2) is 44.1 Å². The van der Waals surface area contributed by atoms with Crippen LogP contribution in [0.25, 0.3) is 0 Å². The Balaban J connectivity index is 1.65. The Morgan fingerprint density at radius 2 is 1.87 bits per heavy atom. The van der Waals surface area contributed by atoms with Crippen molar-refractivity contribution in [3.8, 4) is 0 Å². The number of rotatable bonds is 6. The molecule has 160 valence electrons. The Labute approximate surface area is 172 Å². The van der Waals surface area contributed by atoms with Gasteiger partial charge in [0.15, 0.2) is 0 Å². The highest BCUT2D eigenvalue weighted by molar-refractivity contribution is 7.91. The molecule has 1 unspecified atom stereocenters. The Morgan fingerprint density at radius 1 is 1.17 bits per heavy atom. The number of piperidine rings is 1. The minimum Gasteiger partial charge on any atom is -0.369 e. The van der Waals surface area contributed by atoms with Gasteiger partial charge >= 0.3 is 5.76 Å². The molecule has 1 atom stereocenters. The van der Waals surface area contributed by atoms with E-state index in [1.54, 1.807) is 12.1 Å². The second-order valence-electron chi connectivity index (χ2n) is 6.88. The van der Waals surface area contributed by atoms with E-state index < -0.39 is 26.4 Å². The van der Waals surface area contributed by atoms with Crippen molar-refractivity contribution < 1.29 is 26.8 Å². The van der Waals surface area contributed by atoms with E-state index in [4.69, 9.17) is 5.73 Å². The molecule has 3 N–H and O–H groups in total. The van der Waals surface area contributed by atoms with E-state index >= 15 is 0 Å². The Bertz CT molecular complexity index is 1030. The quantitative estimate of drug-likeness (QED) is 0.712. The average Bonchev–Trinajstić information content (AvgIpc) is 2.74. The first-order valence-electron chi connectivity index (χ1n) is 9.12. The van der Waals surface area contributed by atoms with E-state index in [2.05, 4.69) is 10.3 Å². The Morgan fingerprint density at radius 3 is 2.43 bits per heavy atom. The maximum absolute atomic E-state index is 12.6. The molecule has 0 aliphatic carbocycles. The van der Waals surface area contributed by atoms with Crippen molar-refractivity contribution in [1.82, 2.24) is 4.98 Å². The molecule has 8 nitrogen and oxygen atoms in total. The van der Waals surface area contributed by atoms with Gasteiger partial charge in [-0.05, 0) is 49.2 Å². The molecule has 1 saturated heterocycles. The molecule has 0 spiro atoms. The third-order valence-electron chi connectivity index (χ3n) is 4.83. The number of anilines is 2. The molecule has 30 heavy (non-hydrogen) atoms. The first kappa shape index (κ1) is 21.6. The summed E-state index contributed by atoms with van der Waals surface area (Å²) in [5.41, 5.74) is 5.89. The number of nitrogens with one attached hydrogen (secondary N) is 1. The minimum absolute atomic E-state index is 0.104. The predicted octanol–water partition coefficient (Wildman–Crippen LogP) is 2.03. The number of halogens is 2. The van der Waals surface area contributed by atoms with Crippen LogP contribution in [0.2, 0.25) is 0 Å². The Hall–Kier alpha value is -3.08. The molecule has 1 aromatic carbocycles. The van der Waals surface area contributed by atoms with Crippen LogP contribution in [0.3, 0.4) is 0 Å². The van der Waals surface area contributed by atoms with E-state index in [1.807, 2.05) is 4.90 Å². The number of carbonyl (C=O) groups is 2. The highest BCUT2D eigenvalue weighted by Gasteiger charge is 2.27. The van der Waals surface area contributed by atoms with Gasteiger partial charge in [-0.3, -0.25) is 9.59 Å². The highest BCUT2D eigenvalue weighted by atomic mass is 32.2. The van der Waals surface area contributed by atoms with Gasteiger partial charge in [-0.15, -0.1) is 0 Å². The topological polar surface area (TPSA) is 122 Å². The molecular formula is C19H20F2N4O4S. The standard InChI is InChI=1S/C19H20F2N4O4S/c20-19(21)30(28,29)15-6-3-12(4-7-15)18(27)24-14-5-8-16(23-10-14)25-9-1-2-13(11-25)17(22)26/h3-8,10,13,19H,1-2,9,11H2,(H2,22,26)(H,24,27). The molecular weight excluding hydrogens is 418 g/mol. The number of aromatic nitrogens is 1. The van der Waals surface area contributed by atoms with Gasteiger partial charge in [-0.2, -0.15) is 8.78 Å². The van der Waals surface area contributed by atoms with E-state index in [1.165, 1.54) is 6.20 Å². The lowest BCUT2D eigenvalue weighted by Gasteiger charge is -2.32. The molecule has 2 heterocycles. The molecule has 1 aliphatic heterocycles. The average molecular weight is 438 g/mol. The van der Waals surface area contributed by atoms with Crippen LogP contribution in [0.4, 0.5) is 20.3 Å². The molecule has 2 aromatic rings. The number of benzene rings is 1. The molecule has 1 aromatic heterocycles. The number of hydrogen-bond donors (Lipinski definition) is 2. The van der Waals surface area contributed by atoms with E-state index in [-0.39, 0.29) is 17.4 Å². The molecule has 2 amide bonds. The normalized spacial score (nSPS) is 17.0. The van der Waals surface area contributed by atoms with Crippen LogP contribution >= 0.6 is 0 Å². The monoisotopic (exact) mass is 438 g/mol. The number of hydrogen-bond acceptors (Lipinski definition) is 6. The minimum atomic E-state index is -4.71. The van der Waals surface area contributed by atoms with Crippen LogP contribution < -0.4 is 16.0 Å². The summed E-state index contributed by atoms with van der Waals surface area (Å²) >= 11 is 0. The van der Waals surface area contributed by atoms with Gasteiger partial charge in [-0.1, -0.05) is 0 Å². The number of nitrogens with two attached hydrogens (primary N) is 1. The van der Waals surface area contributed by atoms with Crippen LogP contribution in [0.5, 0.6) is 0 Å². The third kappa shape index (κ3) is 4.73.